The smallest absolute Gasteiger partial charge is 0.279 e. The summed E-state index contributed by atoms with van der Waals surface area (Å²) in [5.41, 5.74) is 0.306. The molecule has 1 amide bonds. The van der Waals surface area contributed by atoms with Gasteiger partial charge in [-0.15, -0.1) is 0 Å². The molecule has 0 aromatic carbocycles. The molecule has 1 aliphatic heterocycles. The van der Waals surface area contributed by atoms with Crippen molar-refractivity contribution in [1.29, 1.82) is 0 Å². The van der Waals surface area contributed by atoms with Crippen LogP contribution in [-0.4, -0.2) is 20.6 Å². The monoisotopic (exact) mass is 274 g/mol. The van der Waals surface area contributed by atoms with Crippen LogP contribution in [0.3, 0.4) is 0 Å². The van der Waals surface area contributed by atoms with Crippen LogP contribution >= 0.6 is 0 Å². The predicted octanol–water partition coefficient (Wildman–Crippen LogP) is 2.58. The molecule has 2 aromatic rings. The number of rotatable bonds is 3. The second kappa shape index (κ2) is 5.11. The van der Waals surface area contributed by atoms with Crippen molar-refractivity contribution in [2.75, 3.05) is 5.32 Å². The van der Waals surface area contributed by atoms with E-state index in [-0.39, 0.29) is 11.8 Å². The molecule has 0 unspecified atom stereocenters. The van der Waals surface area contributed by atoms with Crippen molar-refractivity contribution >= 4 is 11.7 Å². The van der Waals surface area contributed by atoms with Crippen LogP contribution in [0, 0.1) is 0 Å². The van der Waals surface area contributed by atoms with Crippen molar-refractivity contribution in [2.24, 2.45) is 0 Å². The average molecular weight is 274 g/mol. The summed E-state index contributed by atoms with van der Waals surface area (Å²) in [6.45, 7) is 4.89. The highest BCUT2D eigenvalue weighted by Gasteiger charge is 2.19. The number of imidazole rings is 1. The third-order valence-electron chi connectivity index (χ3n) is 3.54. The van der Waals surface area contributed by atoms with Crippen molar-refractivity contribution in [2.45, 2.75) is 45.6 Å². The molecule has 1 aliphatic rings. The van der Waals surface area contributed by atoms with Gasteiger partial charge in [0.1, 0.15) is 17.4 Å². The van der Waals surface area contributed by atoms with Crippen LogP contribution in [0.2, 0.25) is 0 Å². The predicted molar refractivity (Wildman–Crippen MR) is 73.7 cm³/mol. The van der Waals surface area contributed by atoms with Gasteiger partial charge in [-0.2, -0.15) is 0 Å². The fourth-order valence-corrected chi connectivity index (χ4v) is 2.36. The lowest BCUT2D eigenvalue weighted by Crippen LogP contribution is -2.18. The Bertz CT molecular complexity index is 627. The van der Waals surface area contributed by atoms with Gasteiger partial charge in [-0.3, -0.25) is 4.79 Å². The molecule has 0 spiro atoms. The molecule has 0 saturated heterocycles. The van der Waals surface area contributed by atoms with E-state index in [2.05, 4.69) is 20.0 Å². The lowest BCUT2D eigenvalue weighted by Gasteiger charge is -2.16. The average Bonchev–Trinajstić information content (AvgIpc) is 3.06. The number of anilines is 1. The van der Waals surface area contributed by atoms with Gasteiger partial charge in [0.05, 0.1) is 6.20 Å². The van der Waals surface area contributed by atoms with Gasteiger partial charge < -0.3 is 14.4 Å². The zero-order valence-corrected chi connectivity index (χ0v) is 11.7. The molecule has 0 bridgehead atoms. The summed E-state index contributed by atoms with van der Waals surface area (Å²) >= 11 is 0. The Morgan fingerprint density at radius 1 is 1.45 bits per heavy atom. The molecular formula is C14H18N4O2. The van der Waals surface area contributed by atoms with Crippen molar-refractivity contribution in [1.82, 2.24) is 14.7 Å². The molecule has 6 heteroatoms. The van der Waals surface area contributed by atoms with Crippen LogP contribution < -0.4 is 5.32 Å². The van der Waals surface area contributed by atoms with Gasteiger partial charge in [0, 0.05) is 24.9 Å². The normalized spacial score (nSPS) is 14.3. The molecule has 0 radical (unpaired) electrons. The molecule has 6 nitrogen and oxygen atoms in total. The Hall–Kier alpha value is -2.11. The molecule has 1 N–H and O–H groups in total. The van der Waals surface area contributed by atoms with E-state index in [9.17, 15) is 4.79 Å². The Morgan fingerprint density at radius 2 is 2.30 bits per heavy atom. The summed E-state index contributed by atoms with van der Waals surface area (Å²) < 4.78 is 7.21. The van der Waals surface area contributed by atoms with Gasteiger partial charge in [-0.05, 0) is 12.8 Å². The highest BCUT2D eigenvalue weighted by atomic mass is 16.5. The van der Waals surface area contributed by atoms with E-state index in [1.165, 1.54) is 0 Å². The Balaban J connectivity index is 1.77. The molecule has 0 fully saturated rings. The molecule has 106 valence electrons. The third-order valence-corrected chi connectivity index (χ3v) is 3.54. The first kappa shape index (κ1) is 12.9. The molecular weight excluding hydrogens is 256 g/mol. The molecule has 0 saturated carbocycles. The quantitative estimate of drug-likeness (QED) is 0.933. The number of carbonyl (C=O) groups is 1. The van der Waals surface area contributed by atoms with Crippen molar-refractivity contribution in [3.8, 4) is 0 Å². The van der Waals surface area contributed by atoms with Gasteiger partial charge in [0.25, 0.3) is 5.91 Å². The number of hydrogen-bond acceptors (Lipinski definition) is 4. The fraction of sp³-hybridized carbons (Fsp3) is 0.500. The summed E-state index contributed by atoms with van der Waals surface area (Å²) in [6, 6.07) is 1.69. The number of fused-ring (bicyclic) bond motifs is 1. The molecule has 20 heavy (non-hydrogen) atoms. The standard InChI is InChI=1S/C14H18N4O2/c1-9(2)11-7-10(17-20-11)14(19)16-13-8-15-12-5-3-4-6-18(12)13/h7-9H,3-6H2,1-2H3,(H,16,19). The van der Waals surface area contributed by atoms with Crippen LogP contribution in [0.5, 0.6) is 0 Å². The minimum Gasteiger partial charge on any atom is -0.360 e. The maximum atomic E-state index is 12.2. The fourth-order valence-electron chi connectivity index (χ4n) is 2.36. The van der Waals surface area contributed by atoms with Gasteiger partial charge in [0.2, 0.25) is 0 Å². The first-order valence-corrected chi connectivity index (χ1v) is 6.97. The van der Waals surface area contributed by atoms with Gasteiger partial charge in [0.15, 0.2) is 5.69 Å². The summed E-state index contributed by atoms with van der Waals surface area (Å²) in [7, 11) is 0. The largest absolute Gasteiger partial charge is 0.360 e. The first-order chi connectivity index (χ1) is 9.65. The number of aryl methyl sites for hydroxylation is 1. The Kier molecular flexibility index (Phi) is 3.30. The number of nitrogens with one attached hydrogen (secondary N) is 1. The van der Waals surface area contributed by atoms with Crippen molar-refractivity contribution in [3.63, 3.8) is 0 Å². The van der Waals surface area contributed by atoms with Crippen LogP contribution in [0.4, 0.5) is 5.82 Å². The SMILES string of the molecule is CC(C)c1cc(C(=O)Nc2cnc3n2CCCC3)no1. The van der Waals surface area contributed by atoms with E-state index in [1.54, 1.807) is 12.3 Å². The summed E-state index contributed by atoms with van der Waals surface area (Å²) in [5, 5.41) is 6.67. The van der Waals surface area contributed by atoms with Crippen molar-refractivity contribution in [3.05, 3.63) is 29.5 Å². The first-order valence-electron chi connectivity index (χ1n) is 6.97. The van der Waals surface area contributed by atoms with Crippen molar-refractivity contribution < 1.29 is 9.32 Å². The van der Waals surface area contributed by atoms with E-state index in [0.29, 0.717) is 11.5 Å². The van der Waals surface area contributed by atoms with E-state index >= 15 is 0 Å². The second-order valence-corrected chi connectivity index (χ2v) is 5.39. The van der Waals surface area contributed by atoms with Crippen LogP contribution in [0.15, 0.2) is 16.8 Å². The summed E-state index contributed by atoms with van der Waals surface area (Å²) in [4.78, 5) is 16.5. The maximum Gasteiger partial charge on any atom is 0.279 e. The minimum absolute atomic E-state index is 0.215. The summed E-state index contributed by atoms with van der Waals surface area (Å²) in [6.07, 6.45) is 4.96. The van der Waals surface area contributed by atoms with Gasteiger partial charge in [-0.25, -0.2) is 4.98 Å². The maximum absolute atomic E-state index is 12.2. The van der Waals surface area contributed by atoms with Gasteiger partial charge in [-0.1, -0.05) is 19.0 Å². The van der Waals surface area contributed by atoms with E-state index in [0.717, 1.165) is 37.4 Å². The number of hydrogen-bond donors (Lipinski definition) is 1. The lowest BCUT2D eigenvalue weighted by atomic mass is 10.1. The molecule has 2 aromatic heterocycles. The van der Waals surface area contributed by atoms with E-state index in [1.807, 2.05) is 13.8 Å². The highest BCUT2D eigenvalue weighted by Crippen LogP contribution is 2.20. The number of carbonyl (C=O) groups excluding carboxylic acids is 1. The molecule has 3 heterocycles. The minimum atomic E-state index is -0.256. The Morgan fingerprint density at radius 3 is 3.05 bits per heavy atom. The molecule has 0 atom stereocenters. The molecule has 0 aliphatic carbocycles. The van der Waals surface area contributed by atoms with Crippen LogP contribution in [-0.2, 0) is 13.0 Å². The zero-order chi connectivity index (χ0) is 14.1. The Labute approximate surface area is 117 Å². The third kappa shape index (κ3) is 2.33. The topological polar surface area (TPSA) is 73.0 Å². The van der Waals surface area contributed by atoms with Crippen LogP contribution in [0.1, 0.15) is 54.7 Å². The highest BCUT2D eigenvalue weighted by molar-refractivity contribution is 6.02. The number of aromatic nitrogens is 3. The molecule has 3 rings (SSSR count). The van der Waals surface area contributed by atoms with Gasteiger partial charge >= 0.3 is 0 Å². The number of amides is 1. The zero-order valence-electron chi connectivity index (χ0n) is 11.7. The van der Waals surface area contributed by atoms with E-state index in [4.69, 9.17) is 4.52 Å². The number of nitrogens with zero attached hydrogens (tertiary/aromatic N) is 3. The van der Waals surface area contributed by atoms with E-state index < -0.39 is 0 Å². The lowest BCUT2D eigenvalue weighted by molar-refractivity contribution is 0.101. The van der Waals surface area contributed by atoms with Crippen LogP contribution in [0.25, 0.3) is 0 Å². The second-order valence-electron chi connectivity index (χ2n) is 5.39. The summed E-state index contributed by atoms with van der Waals surface area (Å²) in [5.74, 6) is 2.44.